The highest BCUT2D eigenvalue weighted by molar-refractivity contribution is 5.91. The Labute approximate surface area is 181 Å². The van der Waals surface area contributed by atoms with Crippen LogP contribution in [0.15, 0.2) is 48.5 Å². The van der Waals surface area contributed by atoms with Gasteiger partial charge in [0.25, 0.3) is 0 Å². The van der Waals surface area contributed by atoms with Crippen molar-refractivity contribution in [2.75, 3.05) is 6.61 Å². The number of carbonyl (C=O) groups excluding carboxylic acids is 2. The molecule has 0 bridgehead atoms. The maximum absolute atomic E-state index is 12.5. The highest BCUT2D eigenvalue weighted by Gasteiger charge is 2.37. The van der Waals surface area contributed by atoms with Gasteiger partial charge in [-0.25, -0.2) is 9.59 Å². The number of hydrogen-bond acceptors (Lipinski definition) is 4. The van der Waals surface area contributed by atoms with Gasteiger partial charge in [-0.15, -0.1) is 0 Å². The van der Waals surface area contributed by atoms with Gasteiger partial charge in [-0.05, 0) is 42.0 Å². The van der Waals surface area contributed by atoms with E-state index in [0.717, 1.165) is 22.3 Å². The summed E-state index contributed by atoms with van der Waals surface area (Å²) in [6.45, 7) is 5.02. The Morgan fingerprint density at radius 3 is 2.00 bits per heavy atom. The van der Waals surface area contributed by atoms with Gasteiger partial charge in [-0.2, -0.15) is 0 Å². The van der Waals surface area contributed by atoms with Crippen LogP contribution in [-0.2, 0) is 14.3 Å². The van der Waals surface area contributed by atoms with E-state index in [-0.39, 0.29) is 25.4 Å². The third kappa shape index (κ3) is 4.40. The molecule has 7 nitrogen and oxygen atoms in total. The fourth-order valence-electron chi connectivity index (χ4n) is 4.01. The summed E-state index contributed by atoms with van der Waals surface area (Å²) >= 11 is 0. The van der Waals surface area contributed by atoms with Gasteiger partial charge in [0.1, 0.15) is 18.2 Å². The number of carboxylic acids is 1. The molecule has 1 atom stereocenters. The van der Waals surface area contributed by atoms with Crippen LogP contribution in [0.1, 0.15) is 50.7 Å². The molecule has 1 aliphatic rings. The zero-order valence-electron chi connectivity index (χ0n) is 18.0. The molecule has 0 saturated heterocycles. The molecule has 2 amide bonds. The molecular weight excluding hydrogens is 396 g/mol. The van der Waals surface area contributed by atoms with Crippen LogP contribution in [0.4, 0.5) is 4.79 Å². The highest BCUT2D eigenvalue weighted by atomic mass is 16.5. The summed E-state index contributed by atoms with van der Waals surface area (Å²) in [6.07, 6.45) is -0.247. The van der Waals surface area contributed by atoms with Crippen molar-refractivity contribution in [3.63, 3.8) is 0 Å². The number of carboxylic acid groups (broad SMARTS) is 1. The number of benzene rings is 2. The number of amides is 2. The van der Waals surface area contributed by atoms with Gasteiger partial charge in [-0.1, -0.05) is 62.4 Å². The lowest BCUT2D eigenvalue weighted by Gasteiger charge is -2.29. The fourth-order valence-corrected chi connectivity index (χ4v) is 4.01. The molecule has 0 aromatic heterocycles. The van der Waals surface area contributed by atoms with Crippen molar-refractivity contribution in [3.8, 4) is 11.1 Å². The lowest BCUT2D eigenvalue weighted by molar-refractivity contribution is -0.148. The number of nitrogens with one attached hydrogen (secondary N) is 2. The predicted octanol–water partition coefficient (Wildman–Crippen LogP) is 3.67. The van der Waals surface area contributed by atoms with Crippen LogP contribution in [0, 0.1) is 0 Å². The number of rotatable bonds is 8. The van der Waals surface area contributed by atoms with Crippen LogP contribution >= 0.6 is 0 Å². The molecule has 0 spiro atoms. The molecule has 0 aliphatic heterocycles. The molecule has 0 fully saturated rings. The maximum Gasteiger partial charge on any atom is 0.407 e. The summed E-state index contributed by atoms with van der Waals surface area (Å²) < 4.78 is 5.44. The van der Waals surface area contributed by atoms with Crippen LogP contribution in [0.3, 0.4) is 0 Å². The minimum absolute atomic E-state index is 0.0814. The highest BCUT2D eigenvalue weighted by Crippen LogP contribution is 2.44. The van der Waals surface area contributed by atoms with E-state index in [1.807, 2.05) is 36.4 Å². The van der Waals surface area contributed by atoms with Gasteiger partial charge in [0.2, 0.25) is 5.91 Å². The van der Waals surface area contributed by atoms with Gasteiger partial charge in [0.15, 0.2) is 0 Å². The molecule has 31 heavy (non-hydrogen) atoms. The van der Waals surface area contributed by atoms with Crippen LogP contribution in [0.2, 0.25) is 0 Å². The molecule has 1 aliphatic carbocycles. The average molecular weight is 424 g/mol. The van der Waals surface area contributed by atoms with E-state index in [9.17, 15) is 19.5 Å². The molecule has 3 rings (SSSR count). The van der Waals surface area contributed by atoms with Crippen molar-refractivity contribution in [2.45, 2.75) is 51.1 Å². The van der Waals surface area contributed by atoms with Gasteiger partial charge in [-0.3, -0.25) is 4.79 Å². The normalized spacial score (nSPS) is 13.6. The summed E-state index contributed by atoms with van der Waals surface area (Å²) in [6, 6.07) is 15.1. The maximum atomic E-state index is 12.5. The Balaban J connectivity index is 1.62. The second-order valence-corrected chi connectivity index (χ2v) is 7.78. The van der Waals surface area contributed by atoms with Crippen LogP contribution in [0.25, 0.3) is 11.1 Å². The Morgan fingerprint density at radius 2 is 1.52 bits per heavy atom. The second kappa shape index (κ2) is 9.20. The van der Waals surface area contributed by atoms with Crippen LogP contribution in [-0.4, -0.2) is 41.3 Å². The molecule has 0 heterocycles. The van der Waals surface area contributed by atoms with E-state index in [0.29, 0.717) is 0 Å². The zero-order valence-corrected chi connectivity index (χ0v) is 18.0. The molecule has 2 aromatic rings. The Bertz CT molecular complexity index is 938. The first-order valence-corrected chi connectivity index (χ1v) is 10.5. The number of alkyl carbamates (subject to hydrolysis) is 1. The summed E-state index contributed by atoms with van der Waals surface area (Å²) in [5.41, 5.74) is 3.10. The molecule has 7 heteroatoms. The van der Waals surface area contributed by atoms with Crippen LogP contribution in [0.5, 0.6) is 0 Å². The Morgan fingerprint density at radius 1 is 1.00 bits per heavy atom. The van der Waals surface area contributed by atoms with Gasteiger partial charge >= 0.3 is 12.1 Å². The Kier molecular flexibility index (Phi) is 6.63. The lowest BCUT2D eigenvalue weighted by Crippen LogP contribution is -2.58. The third-order valence-corrected chi connectivity index (χ3v) is 6.05. The van der Waals surface area contributed by atoms with Gasteiger partial charge in [0.05, 0.1) is 0 Å². The number of aliphatic carboxylic acids is 1. The van der Waals surface area contributed by atoms with Crippen molar-refractivity contribution < 1.29 is 24.2 Å². The number of fused-ring (bicyclic) bond motifs is 3. The monoisotopic (exact) mass is 424 g/mol. The topological polar surface area (TPSA) is 105 Å². The average Bonchev–Trinajstić information content (AvgIpc) is 3.09. The van der Waals surface area contributed by atoms with E-state index in [2.05, 4.69) is 22.8 Å². The lowest BCUT2D eigenvalue weighted by atomic mass is 9.92. The first kappa shape index (κ1) is 22.3. The van der Waals surface area contributed by atoms with Crippen molar-refractivity contribution in [3.05, 3.63) is 59.7 Å². The van der Waals surface area contributed by atoms with E-state index >= 15 is 0 Å². The standard InChI is InChI=1S/C24H28N2O5/c1-4-24(5-2,22(28)29)26-21(27)15(3)25-23(30)31-14-20-18-12-8-6-10-16(18)17-11-7-9-13-19(17)20/h6-13,15,20H,4-5,14H2,1-3H3,(H,25,30)(H,26,27)(H,28,29)/t15-/m0/s1. The minimum atomic E-state index is -1.35. The molecule has 0 unspecified atom stereocenters. The number of ether oxygens (including phenoxy) is 1. The molecule has 0 radical (unpaired) electrons. The summed E-state index contributed by atoms with van der Waals surface area (Å²) in [7, 11) is 0. The first-order valence-electron chi connectivity index (χ1n) is 10.5. The van der Waals surface area contributed by atoms with E-state index in [4.69, 9.17) is 4.74 Å². The van der Waals surface area contributed by atoms with Crippen molar-refractivity contribution in [2.24, 2.45) is 0 Å². The minimum Gasteiger partial charge on any atom is -0.480 e. The third-order valence-electron chi connectivity index (χ3n) is 6.05. The second-order valence-electron chi connectivity index (χ2n) is 7.78. The molecule has 0 saturated carbocycles. The fraction of sp³-hybridized carbons (Fsp3) is 0.375. The molecule has 164 valence electrons. The first-order chi connectivity index (χ1) is 14.8. The van der Waals surface area contributed by atoms with E-state index in [1.54, 1.807) is 13.8 Å². The SMILES string of the molecule is CCC(CC)(NC(=O)[C@H](C)NC(=O)OCC1c2ccccc2-c2ccccc21)C(=O)O. The molecule has 2 aromatic carbocycles. The zero-order chi connectivity index (χ0) is 22.6. The van der Waals surface area contributed by atoms with Crippen molar-refractivity contribution in [1.29, 1.82) is 0 Å². The Hall–Kier alpha value is -3.35. The van der Waals surface area contributed by atoms with Crippen molar-refractivity contribution >= 4 is 18.0 Å². The molecule has 3 N–H and O–H groups in total. The van der Waals surface area contributed by atoms with E-state index < -0.39 is 29.6 Å². The molecular formula is C24H28N2O5. The summed E-state index contributed by atoms with van der Waals surface area (Å²) in [4.78, 5) is 36.4. The largest absolute Gasteiger partial charge is 0.480 e. The number of carbonyl (C=O) groups is 3. The van der Waals surface area contributed by atoms with Gasteiger partial charge in [0, 0.05) is 5.92 Å². The summed E-state index contributed by atoms with van der Waals surface area (Å²) in [5.74, 6) is -1.75. The van der Waals surface area contributed by atoms with Crippen LogP contribution < -0.4 is 10.6 Å². The predicted molar refractivity (Wildman–Crippen MR) is 117 cm³/mol. The number of hydrogen-bond donors (Lipinski definition) is 3. The summed E-state index contributed by atoms with van der Waals surface area (Å²) in [5, 5.41) is 14.5. The smallest absolute Gasteiger partial charge is 0.407 e. The van der Waals surface area contributed by atoms with Crippen molar-refractivity contribution in [1.82, 2.24) is 10.6 Å². The van der Waals surface area contributed by atoms with Gasteiger partial charge < -0.3 is 20.5 Å². The van der Waals surface area contributed by atoms with E-state index in [1.165, 1.54) is 6.92 Å². The quantitative estimate of drug-likeness (QED) is 0.600.